The van der Waals surface area contributed by atoms with Crippen LogP contribution < -0.4 is 0 Å². The molecule has 2 bridgehead atoms. The molecule has 1 N–H and O–H groups in total. The molecule has 2 aromatic rings. The number of nitrogens with zero attached hydrogens (tertiary/aromatic N) is 5. The van der Waals surface area contributed by atoms with E-state index < -0.39 is 35.0 Å². The third kappa shape index (κ3) is 4.74. The summed E-state index contributed by atoms with van der Waals surface area (Å²) in [6.07, 6.45) is 6.61. The molecule has 1 spiro atoms. The van der Waals surface area contributed by atoms with Gasteiger partial charge in [0.05, 0.1) is 17.0 Å². The average molecular weight is 566 g/mol. The fraction of sp³-hybridized carbons (Fsp3) is 0.567. The minimum atomic E-state index is -1.15. The first kappa shape index (κ1) is 28.9. The first-order chi connectivity index (χ1) is 19.9. The van der Waals surface area contributed by atoms with Gasteiger partial charge in [-0.3, -0.25) is 14.4 Å². The number of para-hydroxylation sites is 1. The highest BCUT2D eigenvalue weighted by Crippen LogP contribution is 2.64. The van der Waals surface area contributed by atoms with Crippen molar-refractivity contribution < 1.29 is 29.0 Å². The summed E-state index contributed by atoms with van der Waals surface area (Å²) in [6.45, 7) is 10.2. The van der Waals surface area contributed by atoms with E-state index in [0.717, 1.165) is 5.52 Å². The zero-order valence-corrected chi connectivity index (χ0v) is 23.6. The zero-order valence-electron chi connectivity index (χ0n) is 23.6. The van der Waals surface area contributed by atoms with Gasteiger partial charge in [-0.25, -0.2) is 4.68 Å². The Morgan fingerprint density at radius 3 is 2.76 bits per heavy atom. The average Bonchev–Trinajstić information content (AvgIpc) is 3.71. The quantitative estimate of drug-likeness (QED) is 0.210. The molecule has 4 heterocycles. The molecule has 3 aliphatic rings. The van der Waals surface area contributed by atoms with Crippen LogP contribution in [0.1, 0.15) is 45.4 Å². The summed E-state index contributed by atoms with van der Waals surface area (Å²) in [4.78, 5) is 45.4. The molecule has 41 heavy (non-hydrogen) atoms. The molecule has 5 rings (SSSR count). The Bertz CT molecular complexity index is 1330. The van der Waals surface area contributed by atoms with Gasteiger partial charge >= 0.3 is 5.97 Å². The third-order valence-corrected chi connectivity index (χ3v) is 8.96. The lowest BCUT2D eigenvalue weighted by Gasteiger charge is -2.36. The highest BCUT2D eigenvalue weighted by atomic mass is 16.6. The number of hydrogen-bond acceptors (Lipinski definition) is 8. The van der Waals surface area contributed by atoms with Crippen molar-refractivity contribution in [2.45, 2.75) is 69.4 Å². The van der Waals surface area contributed by atoms with Gasteiger partial charge in [0.1, 0.15) is 36.4 Å². The van der Waals surface area contributed by atoms with E-state index in [4.69, 9.17) is 9.47 Å². The van der Waals surface area contributed by atoms with Crippen LogP contribution in [0.4, 0.5) is 0 Å². The summed E-state index contributed by atoms with van der Waals surface area (Å²) in [6, 6.07) is 6.58. The number of carbonyl (C=O) groups is 3. The van der Waals surface area contributed by atoms with Crippen LogP contribution in [-0.2, 0) is 30.5 Å². The van der Waals surface area contributed by atoms with Gasteiger partial charge in [-0.15, -0.1) is 11.7 Å². The van der Waals surface area contributed by atoms with E-state index in [1.807, 2.05) is 31.2 Å². The summed E-state index contributed by atoms with van der Waals surface area (Å²) in [5.74, 6) is -2.66. The summed E-state index contributed by atoms with van der Waals surface area (Å²) in [5, 5.41) is 17.8. The number of aliphatic hydroxyl groups excluding tert-OH is 1. The molecular formula is C30H39N5O6. The maximum absolute atomic E-state index is 14.6. The van der Waals surface area contributed by atoms with E-state index in [-0.39, 0.29) is 38.2 Å². The van der Waals surface area contributed by atoms with Crippen molar-refractivity contribution in [1.82, 2.24) is 24.8 Å². The summed E-state index contributed by atoms with van der Waals surface area (Å²) < 4.78 is 13.9. The minimum absolute atomic E-state index is 0.0370. The topological polar surface area (TPSA) is 127 Å². The molecular weight excluding hydrogens is 526 g/mol. The molecule has 3 aliphatic heterocycles. The van der Waals surface area contributed by atoms with E-state index in [9.17, 15) is 19.5 Å². The standard InChI is InChI=1S/C30H39N5O6/c1-4-16-33(20-35-22-13-9-8-12-21(22)31-32-35)27(38)25-30-15-14-29(6-3,41-30)24(28(39)40-19-5-2)23(30)26(37)34(25)17-10-7-11-18-36/h4-5,8-9,12-13,23-25,36H,1-2,6-7,10-11,14-20H2,3H3/t23-,24-,25?,29+,30?/m0/s1. The number of ether oxygens (including phenoxy) is 2. The Balaban J connectivity index is 1.52. The number of aromatic nitrogens is 3. The number of rotatable bonds is 14. The van der Waals surface area contributed by atoms with Gasteiger partial charge in [-0.1, -0.05) is 43.0 Å². The Morgan fingerprint density at radius 2 is 2.02 bits per heavy atom. The summed E-state index contributed by atoms with van der Waals surface area (Å²) >= 11 is 0. The number of benzene rings is 1. The molecule has 2 amide bonds. The van der Waals surface area contributed by atoms with Crippen molar-refractivity contribution in [3.05, 3.63) is 49.6 Å². The van der Waals surface area contributed by atoms with Crippen LogP contribution in [0, 0.1) is 11.8 Å². The Labute approximate surface area is 239 Å². The van der Waals surface area contributed by atoms with Crippen LogP contribution in [0.25, 0.3) is 11.0 Å². The van der Waals surface area contributed by atoms with Gasteiger partial charge < -0.3 is 24.4 Å². The molecule has 0 radical (unpaired) electrons. The van der Waals surface area contributed by atoms with Gasteiger partial charge in [0.2, 0.25) is 11.8 Å². The van der Waals surface area contributed by atoms with Crippen molar-refractivity contribution in [3.8, 4) is 0 Å². The van der Waals surface area contributed by atoms with E-state index in [0.29, 0.717) is 50.6 Å². The largest absolute Gasteiger partial charge is 0.461 e. The minimum Gasteiger partial charge on any atom is -0.461 e. The lowest BCUT2D eigenvalue weighted by molar-refractivity contribution is -0.161. The monoisotopic (exact) mass is 565 g/mol. The molecule has 5 atom stereocenters. The number of unbranched alkanes of at least 4 members (excludes halogenated alkanes) is 2. The summed E-state index contributed by atoms with van der Waals surface area (Å²) in [5.41, 5.74) is -0.530. The molecule has 220 valence electrons. The van der Waals surface area contributed by atoms with Crippen molar-refractivity contribution >= 4 is 28.8 Å². The fourth-order valence-electron chi connectivity index (χ4n) is 7.13. The van der Waals surface area contributed by atoms with E-state index in [1.54, 1.807) is 20.6 Å². The second-order valence-electron chi connectivity index (χ2n) is 11.1. The maximum Gasteiger partial charge on any atom is 0.313 e. The lowest BCUT2D eigenvalue weighted by Crippen LogP contribution is -2.56. The van der Waals surface area contributed by atoms with Gasteiger partial charge in [-0.2, -0.15) is 0 Å². The number of aliphatic hydroxyl groups is 1. The number of fused-ring (bicyclic) bond motifs is 2. The maximum atomic E-state index is 14.6. The van der Waals surface area contributed by atoms with E-state index in [1.165, 1.54) is 6.08 Å². The zero-order chi connectivity index (χ0) is 29.2. The first-order valence-corrected chi connectivity index (χ1v) is 14.4. The van der Waals surface area contributed by atoms with Gasteiger partial charge in [0.15, 0.2) is 0 Å². The summed E-state index contributed by atoms with van der Waals surface area (Å²) in [7, 11) is 0. The fourth-order valence-corrected chi connectivity index (χ4v) is 7.13. The van der Waals surface area contributed by atoms with Crippen molar-refractivity contribution in [3.63, 3.8) is 0 Å². The predicted molar refractivity (Wildman–Crippen MR) is 150 cm³/mol. The van der Waals surface area contributed by atoms with Crippen LogP contribution in [0.3, 0.4) is 0 Å². The van der Waals surface area contributed by atoms with Crippen LogP contribution >= 0.6 is 0 Å². The second-order valence-corrected chi connectivity index (χ2v) is 11.1. The highest BCUT2D eigenvalue weighted by molar-refractivity contribution is 5.98. The molecule has 0 saturated carbocycles. The number of likely N-dealkylation sites (tertiary alicyclic amines) is 1. The van der Waals surface area contributed by atoms with Crippen LogP contribution in [0.2, 0.25) is 0 Å². The lowest BCUT2D eigenvalue weighted by atomic mass is 9.65. The number of carbonyl (C=O) groups excluding carboxylic acids is 3. The number of amides is 2. The molecule has 2 unspecified atom stereocenters. The molecule has 1 aromatic heterocycles. The van der Waals surface area contributed by atoms with Crippen molar-refractivity contribution in [1.29, 1.82) is 0 Å². The molecule has 0 aliphatic carbocycles. The Hall–Kier alpha value is -3.57. The molecule has 11 heteroatoms. The molecule has 1 aromatic carbocycles. The predicted octanol–water partition coefficient (Wildman–Crippen LogP) is 2.45. The smallest absolute Gasteiger partial charge is 0.313 e. The van der Waals surface area contributed by atoms with Crippen molar-refractivity contribution in [2.24, 2.45) is 11.8 Å². The van der Waals surface area contributed by atoms with Gasteiger partial charge in [0, 0.05) is 19.7 Å². The SMILES string of the molecule is C=CCOC(=O)[C@@H]1[C@H]2C(=O)N(CCCCCO)C(C(=O)N(CC=C)Cn3nnc4ccccc43)C23CC[C@@]1(CC)O3. The van der Waals surface area contributed by atoms with Crippen LogP contribution in [0.15, 0.2) is 49.6 Å². The van der Waals surface area contributed by atoms with E-state index in [2.05, 4.69) is 23.5 Å². The highest BCUT2D eigenvalue weighted by Gasteiger charge is 2.79. The number of esters is 1. The third-order valence-electron chi connectivity index (χ3n) is 8.96. The van der Waals surface area contributed by atoms with Gasteiger partial charge in [0.25, 0.3) is 0 Å². The first-order valence-electron chi connectivity index (χ1n) is 14.4. The molecule has 3 fully saturated rings. The van der Waals surface area contributed by atoms with Crippen LogP contribution in [-0.4, -0.2) is 91.2 Å². The normalized spacial score (nSPS) is 28.2. The van der Waals surface area contributed by atoms with E-state index >= 15 is 0 Å². The Morgan fingerprint density at radius 1 is 1.22 bits per heavy atom. The Kier molecular flexibility index (Phi) is 8.28. The molecule has 11 nitrogen and oxygen atoms in total. The second kappa shape index (κ2) is 11.7. The van der Waals surface area contributed by atoms with Crippen LogP contribution in [0.5, 0.6) is 0 Å². The number of hydrogen-bond donors (Lipinski definition) is 1. The van der Waals surface area contributed by atoms with Crippen molar-refractivity contribution in [2.75, 3.05) is 26.3 Å². The van der Waals surface area contributed by atoms with Gasteiger partial charge in [-0.05, 0) is 50.7 Å². The molecule has 3 saturated heterocycles.